The molecule has 2 heterocycles. The summed E-state index contributed by atoms with van der Waals surface area (Å²) in [6.07, 6.45) is 3.51. The van der Waals surface area contributed by atoms with E-state index in [9.17, 15) is 0 Å². The smallest absolute Gasteiger partial charge is 0.133 e. The van der Waals surface area contributed by atoms with Crippen LogP contribution in [-0.2, 0) is 0 Å². The van der Waals surface area contributed by atoms with Crippen LogP contribution in [0.1, 0.15) is 5.69 Å². The van der Waals surface area contributed by atoms with E-state index in [1.165, 1.54) is 0 Å². The molecule has 0 aliphatic heterocycles. The van der Waals surface area contributed by atoms with Gasteiger partial charge in [-0.2, -0.15) is 0 Å². The molecule has 2 aromatic rings. The average molecular weight is 244 g/mol. The molecule has 17 heavy (non-hydrogen) atoms. The minimum Gasteiger partial charge on any atom is -0.388 e. The molecule has 0 fully saturated rings. The Morgan fingerprint density at radius 1 is 1.29 bits per heavy atom. The molecule has 0 amide bonds. The summed E-state index contributed by atoms with van der Waals surface area (Å²) in [6.45, 7) is 0. The van der Waals surface area contributed by atoms with E-state index in [2.05, 4.69) is 9.97 Å². The number of thiocarbonyl (C=S) groups is 1. The van der Waals surface area contributed by atoms with E-state index < -0.39 is 0 Å². The molecule has 0 radical (unpaired) electrons. The summed E-state index contributed by atoms with van der Waals surface area (Å²) in [6, 6.07) is 9.41. The van der Waals surface area contributed by atoms with Gasteiger partial charge in [0.05, 0.1) is 17.6 Å². The van der Waals surface area contributed by atoms with Crippen LogP contribution in [0.5, 0.6) is 0 Å². The molecule has 2 rings (SSSR count). The highest BCUT2D eigenvalue weighted by Crippen LogP contribution is 2.20. The van der Waals surface area contributed by atoms with Gasteiger partial charge in [-0.25, -0.2) is 4.98 Å². The SMILES string of the molecule is CN(c1cccnc1)c1cccc(C(N)=S)n1. The van der Waals surface area contributed by atoms with Crippen molar-refractivity contribution in [3.05, 3.63) is 48.4 Å². The maximum atomic E-state index is 5.56. The lowest BCUT2D eigenvalue weighted by molar-refractivity contribution is 1.10. The van der Waals surface area contributed by atoms with Crippen LogP contribution in [-0.4, -0.2) is 22.0 Å². The number of anilines is 2. The van der Waals surface area contributed by atoms with Crippen LogP contribution in [0.25, 0.3) is 0 Å². The van der Waals surface area contributed by atoms with E-state index in [4.69, 9.17) is 18.0 Å². The van der Waals surface area contributed by atoms with Gasteiger partial charge in [-0.3, -0.25) is 4.98 Å². The molecular formula is C12H12N4S. The molecule has 0 saturated carbocycles. The molecule has 0 unspecified atom stereocenters. The molecule has 2 N–H and O–H groups in total. The zero-order chi connectivity index (χ0) is 12.3. The molecule has 0 bridgehead atoms. The van der Waals surface area contributed by atoms with Gasteiger partial charge in [-0.05, 0) is 24.3 Å². The third kappa shape index (κ3) is 2.57. The van der Waals surface area contributed by atoms with Crippen LogP contribution in [0.3, 0.4) is 0 Å². The summed E-state index contributed by atoms with van der Waals surface area (Å²) >= 11 is 4.91. The fourth-order valence-corrected chi connectivity index (χ4v) is 1.55. The van der Waals surface area contributed by atoms with Gasteiger partial charge >= 0.3 is 0 Å². The van der Waals surface area contributed by atoms with Gasteiger partial charge in [0.2, 0.25) is 0 Å². The predicted octanol–water partition coefficient (Wildman–Crippen LogP) is 1.88. The minimum absolute atomic E-state index is 0.298. The van der Waals surface area contributed by atoms with Crippen molar-refractivity contribution in [2.24, 2.45) is 5.73 Å². The van der Waals surface area contributed by atoms with Crippen molar-refractivity contribution in [3.8, 4) is 0 Å². The predicted molar refractivity (Wildman–Crippen MR) is 72.4 cm³/mol. The van der Waals surface area contributed by atoms with Crippen molar-refractivity contribution in [1.82, 2.24) is 9.97 Å². The van der Waals surface area contributed by atoms with E-state index in [0.29, 0.717) is 10.7 Å². The third-order valence-electron chi connectivity index (χ3n) is 2.36. The number of nitrogens with two attached hydrogens (primary N) is 1. The minimum atomic E-state index is 0.298. The average Bonchev–Trinajstić information content (AvgIpc) is 2.39. The molecule has 0 aliphatic rings. The summed E-state index contributed by atoms with van der Waals surface area (Å²) in [5, 5.41) is 0. The molecule has 0 aromatic carbocycles. The molecule has 0 spiro atoms. The normalized spacial score (nSPS) is 9.94. The summed E-state index contributed by atoms with van der Waals surface area (Å²) in [7, 11) is 1.92. The van der Waals surface area contributed by atoms with Crippen LogP contribution in [0, 0.1) is 0 Å². The largest absolute Gasteiger partial charge is 0.388 e. The molecule has 0 atom stereocenters. The van der Waals surface area contributed by atoms with E-state index >= 15 is 0 Å². The quantitative estimate of drug-likeness (QED) is 0.835. The topological polar surface area (TPSA) is 55.0 Å². The number of hydrogen-bond donors (Lipinski definition) is 1. The Bertz CT molecular complexity index is 527. The molecule has 0 aliphatic carbocycles. The van der Waals surface area contributed by atoms with Gasteiger partial charge < -0.3 is 10.6 Å². The second kappa shape index (κ2) is 4.88. The highest BCUT2D eigenvalue weighted by Gasteiger charge is 2.06. The van der Waals surface area contributed by atoms with Gasteiger partial charge in [0.15, 0.2) is 0 Å². The Morgan fingerprint density at radius 2 is 2.12 bits per heavy atom. The van der Waals surface area contributed by atoms with E-state index in [1.807, 2.05) is 36.2 Å². The molecule has 2 aromatic heterocycles. The second-order valence-corrected chi connectivity index (χ2v) is 3.96. The maximum Gasteiger partial charge on any atom is 0.133 e. The fraction of sp³-hybridized carbons (Fsp3) is 0.0833. The summed E-state index contributed by atoms with van der Waals surface area (Å²) < 4.78 is 0. The van der Waals surface area contributed by atoms with Crippen LogP contribution in [0.2, 0.25) is 0 Å². The van der Waals surface area contributed by atoms with E-state index in [1.54, 1.807) is 18.5 Å². The second-order valence-electron chi connectivity index (χ2n) is 3.52. The first-order chi connectivity index (χ1) is 8.18. The van der Waals surface area contributed by atoms with Crippen molar-refractivity contribution < 1.29 is 0 Å². The zero-order valence-corrected chi connectivity index (χ0v) is 10.2. The van der Waals surface area contributed by atoms with Crippen molar-refractivity contribution >= 4 is 28.7 Å². The number of nitrogens with zero attached hydrogens (tertiary/aromatic N) is 3. The number of hydrogen-bond acceptors (Lipinski definition) is 4. The van der Waals surface area contributed by atoms with Crippen LogP contribution >= 0.6 is 12.2 Å². The number of pyridine rings is 2. The highest BCUT2D eigenvalue weighted by atomic mass is 32.1. The summed E-state index contributed by atoms with van der Waals surface area (Å²) in [4.78, 5) is 10.7. The zero-order valence-electron chi connectivity index (χ0n) is 9.37. The van der Waals surface area contributed by atoms with Crippen LogP contribution in [0.4, 0.5) is 11.5 Å². The lowest BCUT2D eigenvalue weighted by Gasteiger charge is -2.18. The first-order valence-corrected chi connectivity index (χ1v) is 5.50. The third-order valence-corrected chi connectivity index (χ3v) is 2.57. The van der Waals surface area contributed by atoms with Crippen LogP contribution in [0.15, 0.2) is 42.7 Å². The molecule has 86 valence electrons. The molecule has 0 saturated heterocycles. The standard InChI is InChI=1S/C12H12N4S/c1-16(9-4-3-7-14-8-9)11-6-2-5-10(15-11)12(13)17/h2-8H,1H3,(H2,13,17). The van der Waals surface area contributed by atoms with Crippen molar-refractivity contribution in [2.75, 3.05) is 11.9 Å². The monoisotopic (exact) mass is 244 g/mol. The lowest BCUT2D eigenvalue weighted by atomic mass is 10.3. The first-order valence-electron chi connectivity index (χ1n) is 5.09. The number of rotatable bonds is 3. The summed E-state index contributed by atoms with van der Waals surface area (Å²) in [5.74, 6) is 0.781. The Morgan fingerprint density at radius 3 is 2.76 bits per heavy atom. The Hall–Kier alpha value is -2.01. The van der Waals surface area contributed by atoms with Gasteiger partial charge in [-0.1, -0.05) is 18.3 Å². The molecule has 4 nitrogen and oxygen atoms in total. The lowest BCUT2D eigenvalue weighted by Crippen LogP contribution is -2.16. The van der Waals surface area contributed by atoms with Crippen LogP contribution < -0.4 is 10.6 Å². The van der Waals surface area contributed by atoms with Crippen molar-refractivity contribution in [1.29, 1.82) is 0 Å². The molecule has 5 heteroatoms. The van der Waals surface area contributed by atoms with E-state index in [0.717, 1.165) is 11.5 Å². The van der Waals surface area contributed by atoms with Crippen molar-refractivity contribution in [3.63, 3.8) is 0 Å². The Kier molecular flexibility index (Phi) is 3.30. The van der Waals surface area contributed by atoms with Gasteiger partial charge in [0, 0.05) is 13.2 Å². The number of aromatic nitrogens is 2. The van der Waals surface area contributed by atoms with E-state index in [-0.39, 0.29) is 0 Å². The van der Waals surface area contributed by atoms with Gasteiger partial charge in [-0.15, -0.1) is 0 Å². The fourth-order valence-electron chi connectivity index (χ4n) is 1.43. The molecular weight excluding hydrogens is 232 g/mol. The summed E-state index contributed by atoms with van der Waals surface area (Å²) in [5.41, 5.74) is 7.14. The maximum absolute atomic E-state index is 5.56. The highest BCUT2D eigenvalue weighted by molar-refractivity contribution is 7.80. The van der Waals surface area contributed by atoms with Gasteiger partial charge in [0.25, 0.3) is 0 Å². The van der Waals surface area contributed by atoms with Gasteiger partial charge in [0.1, 0.15) is 10.8 Å². The van der Waals surface area contributed by atoms with Crippen molar-refractivity contribution in [2.45, 2.75) is 0 Å². The Balaban J connectivity index is 2.34. The Labute approximate surface area is 105 Å². The first kappa shape index (κ1) is 11.5.